The van der Waals surface area contributed by atoms with E-state index >= 15 is 0 Å². The van der Waals surface area contributed by atoms with Gasteiger partial charge in [-0.25, -0.2) is 0 Å². The monoisotopic (exact) mass is 189 g/mol. The normalized spacial score (nSPS) is 13.3. The number of nitrogens with two attached hydrogens (primary N) is 1. The van der Waals surface area contributed by atoms with Crippen LogP contribution in [0.3, 0.4) is 0 Å². The van der Waals surface area contributed by atoms with Gasteiger partial charge in [0.1, 0.15) is 0 Å². The topological polar surface area (TPSA) is 64.1 Å². The summed E-state index contributed by atoms with van der Waals surface area (Å²) < 4.78 is 1.63. The second kappa shape index (κ2) is 3.89. The molecule has 0 aromatic carbocycles. The van der Waals surface area contributed by atoms with Crippen LogP contribution in [0.1, 0.15) is 18.2 Å². The number of hydrogen-bond donors (Lipinski definition) is 2. The average molecular weight is 190 g/mol. The van der Waals surface area contributed by atoms with Gasteiger partial charge >= 0.3 is 0 Å². The minimum absolute atomic E-state index is 0.0582. The van der Waals surface area contributed by atoms with Crippen molar-refractivity contribution in [3.8, 4) is 0 Å². The zero-order valence-corrected chi connectivity index (χ0v) is 7.62. The van der Waals surface area contributed by atoms with Gasteiger partial charge in [-0.1, -0.05) is 11.6 Å². The first-order chi connectivity index (χ1) is 5.66. The quantitative estimate of drug-likeness (QED) is 0.726. The Labute approximate surface area is 75.9 Å². The van der Waals surface area contributed by atoms with Crippen molar-refractivity contribution in [1.29, 1.82) is 0 Å². The number of hydrogen-bond acceptors (Lipinski definition) is 3. The summed E-state index contributed by atoms with van der Waals surface area (Å²) in [5.74, 6) is 0. The smallest absolute Gasteiger partial charge is 0.0833 e. The van der Waals surface area contributed by atoms with E-state index in [0.29, 0.717) is 11.4 Å². The van der Waals surface area contributed by atoms with Crippen molar-refractivity contribution in [2.45, 2.75) is 12.5 Å². The van der Waals surface area contributed by atoms with Crippen LogP contribution in [0.4, 0.5) is 0 Å². The highest BCUT2D eigenvalue weighted by Gasteiger charge is 2.13. The first kappa shape index (κ1) is 9.51. The van der Waals surface area contributed by atoms with Crippen molar-refractivity contribution in [2.24, 2.45) is 12.8 Å². The van der Waals surface area contributed by atoms with E-state index in [0.717, 1.165) is 5.69 Å². The fourth-order valence-corrected chi connectivity index (χ4v) is 1.42. The average Bonchev–Trinajstić information content (AvgIpc) is 2.32. The molecule has 1 heterocycles. The number of aromatic nitrogens is 2. The Morgan fingerprint density at radius 3 is 2.92 bits per heavy atom. The molecule has 0 spiro atoms. The second-order valence-electron chi connectivity index (χ2n) is 2.62. The lowest BCUT2D eigenvalue weighted by atomic mass is 10.1. The van der Waals surface area contributed by atoms with Crippen LogP contribution in [0.5, 0.6) is 0 Å². The van der Waals surface area contributed by atoms with Gasteiger partial charge in [-0.2, -0.15) is 5.10 Å². The lowest BCUT2D eigenvalue weighted by Crippen LogP contribution is -2.16. The van der Waals surface area contributed by atoms with Crippen LogP contribution < -0.4 is 5.73 Å². The Bertz CT molecular complexity index is 242. The molecule has 0 aliphatic heterocycles. The van der Waals surface area contributed by atoms with E-state index < -0.39 is 0 Å². The van der Waals surface area contributed by atoms with E-state index in [9.17, 15) is 0 Å². The SMILES string of the molecule is Cn1ncc(Cl)c1C(N)CCO. The molecule has 0 bridgehead atoms. The maximum atomic E-state index is 8.66. The highest BCUT2D eigenvalue weighted by Crippen LogP contribution is 2.21. The summed E-state index contributed by atoms with van der Waals surface area (Å²) in [6.07, 6.45) is 2.05. The summed E-state index contributed by atoms with van der Waals surface area (Å²) in [5.41, 5.74) is 6.52. The molecule has 68 valence electrons. The molecular weight excluding hydrogens is 178 g/mol. The van der Waals surface area contributed by atoms with E-state index in [4.69, 9.17) is 22.4 Å². The lowest BCUT2D eigenvalue weighted by Gasteiger charge is -2.10. The minimum atomic E-state index is -0.241. The summed E-state index contributed by atoms with van der Waals surface area (Å²) in [7, 11) is 1.78. The summed E-state index contributed by atoms with van der Waals surface area (Å²) in [6.45, 7) is 0.0582. The van der Waals surface area contributed by atoms with E-state index in [1.165, 1.54) is 0 Å². The van der Waals surface area contributed by atoms with Gasteiger partial charge in [-0.3, -0.25) is 4.68 Å². The van der Waals surface area contributed by atoms with Crippen LogP contribution in [0, 0.1) is 0 Å². The Morgan fingerprint density at radius 2 is 2.50 bits per heavy atom. The second-order valence-corrected chi connectivity index (χ2v) is 3.03. The Hall–Kier alpha value is -0.580. The third-order valence-corrected chi connectivity index (χ3v) is 2.02. The van der Waals surface area contributed by atoms with Gasteiger partial charge in [0.2, 0.25) is 0 Å². The van der Waals surface area contributed by atoms with E-state index in [2.05, 4.69) is 5.10 Å². The predicted octanol–water partition coefficient (Wildman–Crippen LogP) is 0.456. The van der Waals surface area contributed by atoms with Gasteiger partial charge in [0.05, 0.1) is 23.0 Å². The van der Waals surface area contributed by atoms with Gasteiger partial charge in [0, 0.05) is 13.7 Å². The summed E-state index contributed by atoms with van der Waals surface area (Å²) in [4.78, 5) is 0. The highest BCUT2D eigenvalue weighted by atomic mass is 35.5. The third-order valence-electron chi connectivity index (χ3n) is 1.73. The van der Waals surface area contributed by atoms with Crippen LogP contribution in [-0.2, 0) is 7.05 Å². The molecule has 0 aliphatic rings. The Morgan fingerprint density at radius 1 is 1.83 bits per heavy atom. The van der Waals surface area contributed by atoms with Gasteiger partial charge in [-0.15, -0.1) is 0 Å². The fourth-order valence-electron chi connectivity index (χ4n) is 1.11. The van der Waals surface area contributed by atoms with E-state index in [1.807, 2.05) is 0 Å². The highest BCUT2D eigenvalue weighted by molar-refractivity contribution is 6.31. The molecule has 0 radical (unpaired) electrons. The van der Waals surface area contributed by atoms with Crippen molar-refractivity contribution in [1.82, 2.24) is 9.78 Å². The summed E-state index contributed by atoms with van der Waals surface area (Å²) in [5, 5.41) is 13.2. The summed E-state index contributed by atoms with van der Waals surface area (Å²) in [6, 6.07) is -0.241. The Balaban J connectivity index is 2.85. The zero-order valence-electron chi connectivity index (χ0n) is 6.87. The maximum Gasteiger partial charge on any atom is 0.0833 e. The van der Waals surface area contributed by atoms with Crippen molar-refractivity contribution in [3.05, 3.63) is 16.9 Å². The molecule has 12 heavy (non-hydrogen) atoms. The molecule has 1 atom stereocenters. The maximum absolute atomic E-state index is 8.66. The number of aliphatic hydroxyl groups excluding tert-OH is 1. The van der Waals surface area contributed by atoms with Crippen molar-refractivity contribution >= 4 is 11.6 Å². The van der Waals surface area contributed by atoms with Gasteiger partial charge in [0.15, 0.2) is 0 Å². The summed E-state index contributed by atoms with van der Waals surface area (Å²) >= 11 is 5.83. The predicted molar refractivity (Wildman–Crippen MR) is 46.8 cm³/mol. The van der Waals surface area contributed by atoms with Crippen LogP contribution in [0.15, 0.2) is 6.20 Å². The number of nitrogens with zero attached hydrogens (tertiary/aromatic N) is 2. The molecule has 0 saturated carbocycles. The largest absolute Gasteiger partial charge is 0.396 e. The molecule has 4 nitrogen and oxygen atoms in total. The third kappa shape index (κ3) is 1.77. The van der Waals surface area contributed by atoms with Crippen LogP contribution in [0.25, 0.3) is 0 Å². The number of aliphatic hydroxyl groups is 1. The van der Waals surface area contributed by atoms with Crippen molar-refractivity contribution in [2.75, 3.05) is 6.61 Å². The number of halogens is 1. The standard InChI is InChI=1S/C7H12ClN3O/c1-11-7(5(8)4-10-11)6(9)2-3-12/h4,6,12H,2-3,9H2,1H3. The van der Waals surface area contributed by atoms with Gasteiger partial charge in [0.25, 0.3) is 0 Å². The van der Waals surface area contributed by atoms with Gasteiger partial charge in [-0.05, 0) is 6.42 Å². The molecule has 1 unspecified atom stereocenters. The molecule has 1 aromatic rings. The molecule has 0 saturated heterocycles. The molecule has 5 heteroatoms. The van der Waals surface area contributed by atoms with Crippen molar-refractivity contribution < 1.29 is 5.11 Å². The van der Waals surface area contributed by atoms with Gasteiger partial charge < -0.3 is 10.8 Å². The van der Waals surface area contributed by atoms with E-state index in [-0.39, 0.29) is 12.6 Å². The molecule has 3 N–H and O–H groups in total. The number of aryl methyl sites for hydroxylation is 1. The zero-order chi connectivity index (χ0) is 9.14. The molecule has 1 rings (SSSR count). The molecule has 0 amide bonds. The number of rotatable bonds is 3. The molecular formula is C7H12ClN3O. The van der Waals surface area contributed by atoms with Crippen LogP contribution in [0.2, 0.25) is 5.02 Å². The lowest BCUT2D eigenvalue weighted by molar-refractivity contribution is 0.274. The first-order valence-electron chi connectivity index (χ1n) is 3.70. The molecule has 1 aromatic heterocycles. The molecule has 0 fully saturated rings. The molecule has 0 aliphatic carbocycles. The van der Waals surface area contributed by atoms with Crippen molar-refractivity contribution in [3.63, 3.8) is 0 Å². The van der Waals surface area contributed by atoms with E-state index in [1.54, 1.807) is 17.9 Å². The van der Waals surface area contributed by atoms with Crippen LogP contribution in [-0.4, -0.2) is 21.5 Å². The van der Waals surface area contributed by atoms with Crippen LogP contribution >= 0.6 is 11.6 Å². The first-order valence-corrected chi connectivity index (χ1v) is 4.08. The Kier molecular flexibility index (Phi) is 3.08. The fraction of sp³-hybridized carbons (Fsp3) is 0.571. The minimum Gasteiger partial charge on any atom is -0.396 e.